The first-order chi connectivity index (χ1) is 19.9. The molecule has 0 aliphatic carbocycles. The van der Waals surface area contributed by atoms with Crippen LogP contribution in [0.25, 0.3) is 11.3 Å². The molecule has 1 saturated heterocycles. The zero-order valence-electron chi connectivity index (χ0n) is 23.5. The molecule has 2 N–H and O–H groups in total. The second kappa shape index (κ2) is 12.1. The van der Waals surface area contributed by atoms with Gasteiger partial charge in [0.1, 0.15) is 17.1 Å². The summed E-state index contributed by atoms with van der Waals surface area (Å²) < 4.78 is 22.8. The van der Waals surface area contributed by atoms with E-state index in [0.717, 1.165) is 66.8 Å². The molecule has 0 saturated carbocycles. The maximum atomic E-state index is 13.3. The van der Waals surface area contributed by atoms with Crippen molar-refractivity contribution in [1.29, 1.82) is 0 Å². The summed E-state index contributed by atoms with van der Waals surface area (Å²) in [5.41, 5.74) is 6.29. The molecule has 6 rings (SSSR count). The fourth-order valence-electron chi connectivity index (χ4n) is 6.18. The van der Waals surface area contributed by atoms with E-state index in [2.05, 4.69) is 52.7 Å². The second-order valence-corrected chi connectivity index (χ2v) is 12.5. The molecule has 2 aliphatic rings. The van der Waals surface area contributed by atoms with Crippen LogP contribution in [0.15, 0.2) is 77.7 Å². The molecule has 41 heavy (non-hydrogen) atoms. The molecule has 2 aliphatic heterocycles. The lowest BCUT2D eigenvalue weighted by Gasteiger charge is -2.38. The Bertz CT molecular complexity index is 1510. The Kier molecular flexibility index (Phi) is 8.14. The van der Waals surface area contributed by atoms with Gasteiger partial charge in [0.05, 0.1) is 12.3 Å². The van der Waals surface area contributed by atoms with Gasteiger partial charge in [0.15, 0.2) is 4.90 Å². The topological polar surface area (TPSA) is 93.6 Å². The van der Waals surface area contributed by atoms with E-state index in [1.165, 1.54) is 5.56 Å². The summed E-state index contributed by atoms with van der Waals surface area (Å²) in [6.45, 7) is 7.38. The van der Waals surface area contributed by atoms with Crippen LogP contribution < -0.4 is 9.46 Å². The highest BCUT2D eigenvalue weighted by molar-refractivity contribution is 7.92. The van der Waals surface area contributed by atoms with Gasteiger partial charge in [0.2, 0.25) is 5.88 Å². The first-order valence-electron chi connectivity index (χ1n) is 14.3. The van der Waals surface area contributed by atoms with Gasteiger partial charge < -0.3 is 14.4 Å². The Labute approximate surface area is 244 Å². The number of nitrogens with zero attached hydrogens (tertiary/aromatic N) is 3. The maximum Gasteiger partial charge on any atom is 0.269 e. The number of aryl methyl sites for hydroxylation is 3. The van der Waals surface area contributed by atoms with E-state index in [9.17, 15) is 9.66 Å². The Morgan fingerprint density at radius 1 is 0.976 bits per heavy atom. The van der Waals surface area contributed by atoms with E-state index in [1.54, 1.807) is 6.07 Å². The third-order valence-electron chi connectivity index (χ3n) is 8.28. The summed E-state index contributed by atoms with van der Waals surface area (Å²) in [7, 11) is 0. The molecule has 0 radical (unpaired) electrons. The number of anilines is 1. The number of hydrogen-bond donors (Lipinski definition) is 2. The van der Waals surface area contributed by atoms with Crippen LogP contribution in [0.4, 0.5) is 5.95 Å². The number of piperidine rings is 1. The van der Waals surface area contributed by atoms with E-state index >= 15 is 0 Å². The van der Waals surface area contributed by atoms with Crippen LogP contribution in [0.1, 0.15) is 35.1 Å². The summed E-state index contributed by atoms with van der Waals surface area (Å²) in [6.07, 6.45) is 3.04. The summed E-state index contributed by atoms with van der Waals surface area (Å²) in [5, 5.41) is 9.95. The molecule has 7 nitrogen and oxygen atoms in total. The van der Waals surface area contributed by atoms with Gasteiger partial charge in [0.25, 0.3) is 5.95 Å². The molecule has 212 valence electrons. The Morgan fingerprint density at radius 3 is 2.61 bits per heavy atom. The van der Waals surface area contributed by atoms with Crippen LogP contribution in [0.5, 0.6) is 11.6 Å². The molecule has 2 unspecified atom stereocenters. The quantitative estimate of drug-likeness (QED) is 0.290. The highest BCUT2D eigenvalue weighted by Gasteiger charge is 2.30. The predicted molar refractivity (Wildman–Crippen MR) is 162 cm³/mol. The number of rotatable bonds is 3. The minimum absolute atomic E-state index is 0.284. The van der Waals surface area contributed by atoms with Crippen molar-refractivity contribution in [1.82, 2.24) is 14.9 Å². The van der Waals surface area contributed by atoms with Crippen molar-refractivity contribution < 1.29 is 14.4 Å². The lowest BCUT2D eigenvalue weighted by molar-refractivity contribution is 0.0707. The molecule has 3 aromatic carbocycles. The number of benzene rings is 3. The summed E-state index contributed by atoms with van der Waals surface area (Å²) in [4.78, 5) is 12.6. The van der Waals surface area contributed by atoms with E-state index in [-0.39, 0.29) is 5.95 Å². The van der Waals surface area contributed by atoms with Gasteiger partial charge in [-0.15, -0.1) is 0 Å². The molecular weight excluding hydrogens is 532 g/mol. The molecular formula is C33H36N4O3S. The number of ether oxygens (including phenoxy) is 1. The van der Waals surface area contributed by atoms with Gasteiger partial charge >= 0.3 is 0 Å². The highest BCUT2D eigenvalue weighted by atomic mass is 32.2. The largest absolute Gasteiger partial charge is 0.588 e. The molecule has 3 heterocycles. The Hall–Kier alpha value is -3.59. The first-order valence-corrected chi connectivity index (χ1v) is 15.4. The molecule has 1 aromatic heterocycles. The molecule has 4 bridgehead atoms. The van der Waals surface area contributed by atoms with Gasteiger partial charge in [0, 0.05) is 30.6 Å². The van der Waals surface area contributed by atoms with Crippen LogP contribution in [0.3, 0.4) is 0 Å². The molecule has 0 amide bonds. The van der Waals surface area contributed by atoms with Crippen LogP contribution in [0.2, 0.25) is 0 Å². The van der Waals surface area contributed by atoms with Crippen molar-refractivity contribution in [3.63, 3.8) is 0 Å². The number of aromatic nitrogens is 2. The average molecular weight is 569 g/mol. The van der Waals surface area contributed by atoms with Gasteiger partial charge in [-0.3, -0.25) is 4.90 Å². The number of aromatic hydroxyl groups is 1. The van der Waals surface area contributed by atoms with E-state index < -0.39 is 11.4 Å². The number of phenols is 1. The Morgan fingerprint density at radius 2 is 1.78 bits per heavy atom. The number of hydrogen-bond acceptors (Lipinski definition) is 7. The summed E-state index contributed by atoms with van der Waals surface area (Å²) in [5.74, 6) is 1.87. The van der Waals surface area contributed by atoms with Gasteiger partial charge in [-0.05, 0) is 92.1 Å². The highest BCUT2D eigenvalue weighted by Crippen LogP contribution is 2.33. The molecule has 0 spiro atoms. The average Bonchev–Trinajstić information content (AvgIpc) is 2.95. The minimum Gasteiger partial charge on any atom is -0.588 e. The van der Waals surface area contributed by atoms with Crippen LogP contribution in [0, 0.1) is 25.7 Å². The van der Waals surface area contributed by atoms with E-state index in [1.807, 2.05) is 42.5 Å². The molecule has 8 heteroatoms. The molecule has 3 atom stereocenters. The fourth-order valence-corrected chi connectivity index (χ4v) is 7.01. The lowest BCUT2D eigenvalue weighted by atomic mass is 9.82. The Balaban J connectivity index is 1.33. The van der Waals surface area contributed by atoms with Crippen LogP contribution in [-0.2, 0) is 24.3 Å². The van der Waals surface area contributed by atoms with Gasteiger partial charge in [-0.2, -0.15) is 9.71 Å². The van der Waals surface area contributed by atoms with Crippen LogP contribution in [-0.4, -0.2) is 44.2 Å². The third kappa shape index (κ3) is 6.50. The third-order valence-corrected chi connectivity index (χ3v) is 9.33. The number of phenolic OH excluding ortho intramolecular Hbond substituents is 1. The minimum atomic E-state index is -1.51. The normalized spacial score (nSPS) is 21.2. The standard InChI is InChI=1S/C33H36N4O3S/c1-22-6-3-7-23(2)32(22)30-18-31-35-33(34-30)36-41(39)29-11-5-8-24(17-29)12-13-26-14-15-37(20-27(26)21-40-31)19-25-9-4-10-28(38)16-25/h3-11,16-18,26-27,38H,12-15,19-21H2,1-2H3,(H,34,35,36)/t26?,27-,41?/m1/s1. The zero-order chi connectivity index (χ0) is 28.3. The van der Waals surface area contributed by atoms with Crippen LogP contribution >= 0.6 is 0 Å². The molecule has 1 fully saturated rings. The van der Waals surface area contributed by atoms with Crippen molar-refractivity contribution in [3.8, 4) is 22.9 Å². The van der Waals surface area contributed by atoms with Crippen molar-refractivity contribution >= 4 is 17.3 Å². The SMILES string of the molecule is Cc1cccc(C)c1-c1cc2nc(n1)N[S+]([O-])c1cccc(c1)CCC1CCN(Cc3cccc(O)c3)C[C@@H]1CO2. The molecule has 4 aromatic rings. The predicted octanol–water partition coefficient (Wildman–Crippen LogP) is 6.06. The van der Waals surface area contributed by atoms with E-state index in [4.69, 9.17) is 9.72 Å². The number of likely N-dealkylation sites (tertiary alicyclic amines) is 1. The van der Waals surface area contributed by atoms with Gasteiger partial charge in [-0.25, -0.2) is 4.98 Å². The van der Waals surface area contributed by atoms with Gasteiger partial charge in [-0.1, -0.05) is 42.5 Å². The van der Waals surface area contributed by atoms with Crippen molar-refractivity contribution in [2.45, 2.75) is 44.6 Å². The zero-order valence-corrected chi connectivity index (χ0v) is 24.4. The van der Waals surface area contributed by atoms with Crippen molar-refractivity contribution in [3.05, 3.63) is 95.1 Å². The van der Waals surface area contributed by atoms with E-state index in [0.29, 0.717) is 35.0 Å². The summed E-state index contributed by atoms with van der Waals surface area (Å²) in [6, 6.07) is 23.6. The number of fused-ring (bicyclic) bond motifs is 5. The van der Waals surface area contributed by atoms with Crippen molar-refractivity contribution in [2.24, 2.45) is 11.8 Å². The summed E-state index contributed by atoms with van der Waals surface area (Å²) >= 11 is -1.51. The second-order valence-electron chi connectivity index (χ2n) is 11.3. The fraction of sp³-hybridized carbons (Fsp3) is 0.333. The lowest BCUT2D eigenvalue weighted by Crippen LogP contribution is -2.42. The first kappa shape index (κ1) is 27.6. The number of nitrogens with one attached hydrogen (secondary N) is 1. The smallest absolute Gasteiger partial charge is 0.269 e. The van der Waals surface area contributed by atoms with Crippen molar-refractivity contribution in [2.75, 3.05) is 24.4 Å². The monoisotopic (exact) mass is 568 g/mol. The maximum absolute atomic E-state index is 13.3.